The fourth-order valence-corrected chi connectivity index (χ4v) is 3.12. The average Bonchev–Trinajstić information content (AvgIpc) is 2.52. The Labute approximate surface area is 143 Å². The first-order valence-corrected chi connectivity index (χ1v) is 9.33. The molecule has 0 unspecified atom stereocenters. The normalized spacial score (nSPS) is 12.0. The van der Waals surface area contributed by atoms with Gasteiger partial charge in [-0.25, -0.2) is 12.8 Å². The van der Waals surface area contributed by atoms with Crippen LogP contribution in [0.25, 0.3) is 0 Å². The highest BCUT2D eigenvalue weighted by Crippen LogP contribution is 2.30. The largest absolute Gasteiger partial charge is 0.352 e. The molecule has 8 heteroatoms. The van der Waals surface area contributed by atoms with Gasteiger partial charge in [0.25, 0.3) is 5.91 Å². The van der Waals surface area contributed by atoms with Crippen molar-refractivity contribution < 1.29 is 26.4 Å². The number of carbonyl (C=O) groups excluding carboxylic acids is 1. The molecule has 0 aliphatic carbocycles. The number of nitrogens with one attached hydrogen (secondary N) is 1. The first-order chi connectivity index (χ1) is 11.6. The first kappa shape index (κ1) is 19.0. The molecular formula is C17H16F3NO3S. The number of benzene rings is 2. The summed E-state index contributed by atoms with van der Waals surface area (Å²) >= 11 is 0. The number of alkyl halides is 2. The van der Waals surface area contributed by atoms with Crippen molar-refractivity contribution in [3.05, 3.63) is 71.0 Å². The fraction of sp³-hybridized carbons (Fsp3) is 0.235. The van der Waals surface area contributed by atoms with E-state index in [9.17, 15) is 26.4 Å². The molecule has 25 heavy (non-hydrogen) atoms. The molecule has 4 nitrogen and oxygen atoms in total. The van der Waals surface area contributed by atoms with Crippen LogP contribution in [0.2, 0.25) is 0 Å². The third-order valence-corrected chi connectivity index (χ3v) is 4.31. The Morgan fingerprint density at radius 2 is 1.60 bits per heavy atom. The maximum absolute atomic E-state index is 14.1. The highest BCUT2D eigenvalue weighted by atomic mass is 32.2. The number of amides is 1. The summed E-state index contributed by atoms with van der Waals surface area (Å²) in [5.41, 5.74) is -0.220. The molecule has 2 aromatic carbocycles. The molecule has 0 aliphatic heterocycles. The summed E-state index contributed by atoms with van der Waals surface area (Å²) in [7, 11) is -3.33. The van der Waals surface area contributed by atoms with Gasteiger partial charge in [-0.15, -0.1) is 0 Å². The van der Waals surface area contributed by atoms with Crippen molar-refractivity contribution in [2.45, 2.75) is 18.2 Å². The molecule has 1 N–H and O–H groups in total. The second kappa shape index (κ2) is 7.26. The number of hydrogen-bond acceptors (Lipinski definition) is 3. The van der Waals surface area contributed by atoms with Crippen molar-refractivity contribution in [1.82, 2.24) is 5.32 Å². The maximum atomic E-state index is 14.1. The van der Waals surface area contributed by atoms with Gasteiger partial charge in [0, 0.05) is 12.8 Å². The Balaban J connectivity index is 2.17. The van der Waals surface area contributed by atoms with E-state index in [0.29, 0.717) is 11.1 Å². The minimum Gasteiger partial charge on any atom is -0.346 e. The zero-order chi connectivity index (χ0) is 18.7. The lowest BCUT2D eigenvalue weighted by Crippen LogP contribution is -2.38. The summed E-state index contributed by atoms with van der Waals surface area (Å²) in [5.74, 6) is -7.16. The van der Waals surface area contributed by atoms with Gasteiger partial charge in [0.05, 0.1) is 11.3 Å². The number of carbonyl (C=O) groups is 1. The van der Waals surface area contributed by atoms with Crippen LogP contribution in [-0.4, -0.2) is 20.6 Å². The molecule has 0 aromatic heterocycles. The second-order valence-electron chi connectivity index (χ2n) is 5.58. The fourth-order valence-electron chi connectivity index (χ4n) is 2.28. The number of sulfone groups is 1. The van der Waals surface area contributed by atoms with Crippen molar-refractivity contribution >= 4 is 15.7 Å². The molecule has 134 valence electrons. The van der Waals surface area contributed by atoms with E-state index in [1.807, 2.05) is 5.32 Å². The Bertz CT molecular complexity index is 882. The summed E-state index contributed by atoms with van der Waals surface area (Å²) in [6.45, 7) is -0.297. The van der Waals surface area contributed by atoms with Crippen LogP contribution in [0.4, 0.5) is 13.2 Å². The van der Waals surface area contributed by atoms with E-state index in [0.717, 1.165) is 18.4 Å². The van der Waals surface area contributed by atoms with E-state index in [4.69, 9.17) is 0 Å². The highest BCUT2D eigenvalue weighted by molar-refractivity contribution is 7.89. The van der Waals surface area contributed by atoms with Crippen molar-refractivity contribution in [2.75, 3.05) is 6.26 Å². The minimum absolute atomic E-state index is 0.275. The Kier molecular flexibility index (Phi) is 5.52. The van der Waals surface area contributed by atoms with Crippen LogP contribution in [0, 0.1) is 5.82 Å². The molecule has 2 aromatic rings. The van der Waals surface area contributed by atoms with Gasteiger partial charge in [-0.2, -0.15) is 8.78 Å². The molecule has 0 spiro atoms. The molecular weight excluding hydrogens is 355 g/mol. The van der Waals surface area contributed by atoms with Crippen molar-refractivity contribution in [3.8, 4) is 0 Å². The van der Waals surface area contributed by atoms with Gasteiger partial charge in [-0.05, 0) is 23.3 Å². The van der Waals surface area contributed by atoms with Gasteiger partial charge >= 0.3 is 5.92 Å². The summed E-state index contributed by atoms with van der Waals surface area (Å²) in [4.78, 5) is 11.8. The molecule has 0 saturated heterocycles. The zero-order valence-corrected chi connectivity index (χ0v) is 14.1. The molecule has 0 aliphatic rings. The molecule has 0 radical (unpaired) electrons. The van der Waals surface area contributed by atoms with Crippen LogP contribution in [-0.2, 0) is 32.9 Å². The van der Waals surface area contributed by atoms with Crippen LogP contribution in [0.3, 0.4) is 0 Å². The molecule has 0 fully saturated rings. The van der Waals surface area contributed by atoms with Crippen molar-refractivity contribution in [1.29, 1.82) is 0 Å². The predicted molar refractivity (Wildman–Crippen MR) is 87.1 cm³/mol. The lowest BCUT2D eigenvalue weighted by Gasteiger charge is -2.17. The highest BCUT2D eigenvalue weighted by Gasteiger charge is 2.42. The molecule has 1 amide bonds. The molecule has 0 heterocycles. The lowest BCUT2D eigenvalue weighted by atomic mass is 10.1. The molecule has 2 rings (SSSR count). The van der Waals surface area contributed by atoms with Crippen LogP contribution < -0.4 is 5.32 Å². The Morgan fingerprint density at radius 1 is 1.04 bits per heavy atom. The Morgan fingerprint density at radius 3 is 2.20 bits per heavy atom. The monoisotopic (exact) mass is 371 g/mol. The average molecular weight is 371 g/mol. The SMILES string of the molecule is CS(=O)(=O)Cc1ccccc1CNC(=O)C(F)(F)c1ccccc1F. The van der Waals surface area contributed by atoms with Gasteiger partial charge in [0.1, 0.15) is 5.82 Å². The summed E-state index contributed by atoms with van der Waals surface area (Å²) in [5, 5.41) is 2.04. The van der Waals surface area contributed by atoms with Gasteiger partial charge in [-0.3, -0.25) is 4.79 Å². The topological polar surface area (TPSA) is 63.2 Å². The van der Waals surface area contributed by atoms with Gasteiger partial charge in [0.2, 0.25) is 0 Å². The lowest BCUT2D eigenvalue weighted by molar-refractivity contribution is -0.147. The van der Waals surface area contributed by atoms with Gasteiger partial charge in [0.15, 0.2) is 9.84 Å². The third kappa shape index (κ3) is 4.82. The number of hydrogen-bond donors (Lipinski definition) is 1. The van der Waals surface area contributed by atoms with E-state index in [-0.39, 0.29) is 12.3 Å². The van der Waals surface area contributed by atoms with E-state index < -0.39 is 33.0 Å². The number of rotatable bonds is 6. The predicted octanol–water partition coefficient (Wildman–Crippen LogP) is 2.78. The zero-order valence-electron chi connectivity index (χ0n) is 13.3. The van der Waals surface area contributed by atoms with E-state index in [1.54, 1.807) is 12.1 Å². The van der Waals surface area contributed by atoms with Crippen LogP contribution in [0.5, 0.6) is 0 Å². The quantitative estimate of drug-likeness (QED) is 0.849. The number of halogens is 3. The smallest absolute Gasteiger partial charge is 0.346 e. The Hall–Kier alpha value is -2.35. The van der Waals surface area contributed by atoms with Gasteiger partial charge < -0.3 is 5.32 Å². The molecule has 0 atom stereocenters. The van der Waals surface area contributed by atoms with E-state index >= 15 is 0 Å². The maximum Gasteiger partial charge on any atom is 0.352 e. The third-order valence-electron chi connectivity index (χ3n) is 3.47. The summed E-state index contributed by atoms with van der Waals surface area (Å²) in [6.07, 6.45) is 1.05. The van der Waals surface area contributed by atoms with Crippen molar-refractivity contribution in [2.24, 2.45) is 0 Å². The van der Waals surface area contributed by atoms with Crippen LogP contribution in [0.1, 0.15) is 16.7 Å². The van der Waals surface area contributed by atoms with Gasteiger partial charge in [-0.1, -0.05) is 36.4 Å². The minimum atomic E-state index is -4.04. The summed E-state index contributed by atoms with van der Waals surface area (Å²) < 4.78 is 64.7. The van der Waals surface area contributed by atoms with Crippen LogP contribution in [0.15, 0.2) is 48.5 Å². The van der Waals surface area contributed by atoms with E-state index in [1.165, 1.54) is 24.3 Å². The molecule has 0 bridgehead atoms. The summed E-state index contributed by atoms with van der Waals surface area (Å²) in [6, 6.07) is 10.4. The van der Waals surface area contributed by atoms with Crippen LogP contribution >= 0.6 is 0 Å². The second-order valence-corrected chi connectivity index (χ2v) is 7.72. The standard InChI is InChI=1S/C17H16F3NO3S/c1-25(23,24)11-13-7-3-2-6-12(13)10-21-16(22)17(19,20)14-8-4-5-9-15(14)18/h2-9H,10-11H2,1H3,(H,21,22). The van der Waals surface area contributed by atoms with E-state index in [2.05, 4.69) is 0 Å². The van der Waals surface area contributed by atoms with Crippen molar-refractivity contribution in [3.63, 3.8) is 0 Å². The first-order valence-electron chi connectivity index (χ1n) is 7.27. The molecule has 0 saturated carbocycles.